The van der Waals surface area contributed by atoms with Gasteiger partial charge in [-0.1, -0.05) is 12.1 Å². The van der Waals surface area contributed by atoms with E-state index in [2.05, 4.69) is 15.5 Å². The fourth-order valence-corrected chi connectivity index (χ4v) is 2.80. The quantitative estimate of drug-likeness (QED) is 0.361. The topological polar surface area (TPSA) is 120 Å². The average molecular weight is 331 g/mol. The molecule has 0 saturated carbocycles. The molecule has 2 N–H and O–H groups in total. The van der Waals surface area contributed by atoms with Gasteiger partial charge >= 0.3 is 5.84 Å². The number of nitrogens with zero attached hydrogens (tertiary/aromatic N) is 4. The van der Waals surface area contributed by atoms with Crippen molar-refractivity contribution in [2.24, 2.45) is 16.1 Å². The zero-order valence-corrected chi connectivity index (χ0v) is 12.8. The molecule has 3 rings (SSSR count). The van der Waals surface area contributed by atoms with Gasteiger partial charge in [-0.05, 0) is 38.1 Å². The monoisotopic (exact) mass is 331 g/mol. The molecule has 0 aliphatic carbocycles. The van der Waals surface area contributed by atoms with Crippen LogP contribution in [0, 0.1) is 11.1 Å². The highest BCUT2D eigenvalue weighted by atomic mass is 16.5. The number of hydrogen-bond donors (Lipinski definition) is 2. The molecule has 0 radical (unpaired) electrons. The molecule has 1 aromatic rings. The van der Waals surface area contributed by atoms with Crippen LogP contribution in [0.2, 0.25) is 0 Å². The fourth-order valence-electron chi connectivity index (χ4n) is 2.80. The first kappa shape index (κ1) is 16.2. The molecular weight excluding hydrogens is 314 g/mol. The van der Waals surface area contributed by atoms with Crippen molar-refractivity contribution in [3.8, 4) is 0 Å². The lowest BCUT2D eigenvalue weighted by atomic mass is 9.98. The van der Waals surface area contributed by atoms with Crippen LogP contribution in [0.15, 0.2) is 34.5 Å². The lowest BCUT2D eigenvalue weighted by Crippen LogP contribution is -2.45. The van der Waals surface area contributed by atoms with Crippen LogP contribution in [0.5, 0.6) is 0 Å². The van der Waals surface area contributed by atoms with Crippen LogP contribution in [0.25, 0.3) is 0 Å². The van der Waals surface area contributed by atoms with E-state index in [1.807, 2.05) is 0 Å². The molecule has 9 heteroatoms. The van der Waals surface area contributed by atoms with Crippen molar-refractivity contribution in [1.29, 1.82) is 0 Å². The normalized spacial score (nSPS) is 21.9. The molecule has 1 fully saturated rings. The summed E-state index contributed by atoms with van der Waals surface area (Å²) < 4.78 is 0.417. The third-order valence-corrected chi connectivity index (χ3v) is 4.15. The highest BCUT2D eigenvalue weighted by molar-refractivity contribution is 6.03. The van der Waals surface area contributed by atoms with E-state index in [-0.39, 0.29) is 23.1 Å². The number of benzene rings is 1. The summed E-state index contributed by atoms with van der Waals surface area (Å²) in [4.78, 5) is 23.4. The molecule has 1 aromatic carbocycles. The van der Waals surface area contributed by atoms with Crippen LogP contribution < -0.4 is 10.4 Å². The highest BCUT2D eigenvalue weighted by Gasteiger charge is 2.38. The van der Waals surface area contributed by atoms with Gasteiger partial charge in [-0.25, -0.2) is 9.80 Å². The van der Waals surface area contributed by atoms with E-state index >= 15 is 0 Å². The number of aldehydes is 1. The number of carbonyl (C=O) groups excluding carboxylic acids is 2. The number of nitrogens with one attached hydrogen (secondary N) is 1. The molecule has 1 saturated heterocycles. The van der Waals surface area contributed by atoms with Crippen molar-refractivity contribution in [3.05, 3.63) is 29.5 Å². The lowest BCUT2D eigenvalue weighted by molar-refractivity contribution is -0.365. The predicted molar refractivity (Wildman–Crippen MR) is 84.3 cm³/mol. The van der Waals surface area contributed by atoms with Crippen LogP contribution in [0.4, 0.5) is 11.4 Å². The summed E-state index contributed by atoms with van der Waals surface area (Å²) in [6, 6.07) is 4.92. The van der Waals surface area contributed by atoms with Crippen LogP contribution >= 0.6 is 0 Å². The van der Waals surface area contributed by atoms with E-state index in [0.29, 0.717) is 28.9 Å². The summed E-state index contributed by atoms with van der Waals surface area (Å²) in [5.74, 6) is -1.01. The molecule has 24 heavy (non-hydrogen) atoms. The maximum absolute atomic E-state index is 12.4. The third-order valence-electron chi connectivity index (χ3n) is 4.15. The average Bonchev–Trinajstić information content (AvgIpc) is 2.64. The van der Waals surface area contributed by atoms with Crippen molar-refractivity contribution in [2.45, 2.75) is 18.9 Å². The second kappa shape index (κ2) is 6.85. The van der Waals surface area contributed by atoms with Crippen LogP contribution in [0.3, 0.4) is 0 Å². The van der Waals surface area contributed by atoms with Gasteiger partial charge in [-0.15, -0.1) is 0 Å². The Balaban J connectivity index is 1.91. The molecular formula is C15H17N5O4. The van der Waals surface area contributed by atoms with Gasteiger partial charge in [-0.2, -0.15) is 0 Å². The number of anilines is 1. The molecule has 0 bridgehead atoms. The summed E-state index contributed by atoms with van der Waals surface area (Å²) in [5.41, 5.74) is 0.314. The molecule has 2 aliphatic rings. The summed E-state index contributed by atoms with van der Waals surface area (Å²) in [6.07, 6.45) is 1.69. The van der Waals surface area contributed by atoms with E-state index in [0.717, 1.165) is 13.1 Å². The largest absolute Gasteiger partial charge is 0.710 e. The number of hydrogen-bond acceptors (Lipinski definition) is 7. The molecule has 2 heterocycles. The fraction of sp³-hybridized carbons (Fsp3) is 0.400. The number of carbonyl (C=O) groups is 2. The predicted octanol–water partition coefficient (Wildman–Crippen LogP) is 0.982. The van der Waals surface area contributed by atoms with E-state index in [1.54, 1.807) is 12.1 Å². The molecule has 126 valence electrons. The van der Waals surface area contributed by atoms with Gasteiger partial charge in [0.05, 0.1) is 5.11 Å². The summed E-state index contributed by atoms with van der Waals surface area (Å²) in [6.45, 7) is 1.45. The van der Waals surface area contributed by atoms with Gasteiger partial charge in [0.15, 0.2) is 12.0 Å². The van der Waals surface area contributed by atoms with Gasteiger partial charge in [0, 0.05) is 11.0 Å². The minimum absolute atomic E-state index is 0.126. The Morgan fingerprint density at radius 1 is 1.38 bits per heavy atom. The van der Waals surface area contributed by atoms with Gasteiger partial charge in [0.1, 0.15) is 5.69 Å². The van der Waals surface area contributed by atoms with Gasteiger partial charge in [0.2, 0.25) is 6.04 Å². The van der Waals surface area contributed by atoms with E-state index in [9.17, 15) is 20.0 Å². The molecule has 1 unspecified atom stereocenters. The van der Waals surface area contributed by atoms with E-state index < -0.39 is 11.9 Å². The Labute approximate surface area is 137 Å². The zero-order chi connectivity index (χ0) is 17.1. The third kappa shape index (κ3) is 2.91. The number of amidine groups is 1. The minimum Gasteiger partial charge on any atom is -0.710 e. The van der Waals surface area contributed by atoms with Crippen molar-refractivity contribution in [2.75, 3.05) is 18.2 Å². The molecule has 1 amide bonds. The second-order valence-electron chi connectivity index (χ2n) is 5.63. The second-order valence-corrected chi connectivity index (χ2v) is 5.63. The molecule has 0 spiro atoms. The van der Waals surface area contributed by atoms with Gasteiger partial charge < -0.3 is 15.3 Å². The maximum atomic E-state index is 12.4. The van der Waals surface area contributed by atoms with Crippen LogP contribution in [-0.4, -0.2) is 47.1 Å². The lowest BCUT2D eigenvalue weighted by Gasteiger charge is -2.29. The minimum atomic E-state index is -1.32. The van der Waals surface area contributed by atoms with Gasteiger partial charge in [-0.3, -0.25) is 10.0 Å². The first-order valence-corrected chi connectivity index (χ1v) is 7.66. The molecule has 0 aromatic heterocycles. The van der Waals surface area contributed by atoms with Crippen LogP contribution in [0.1, 0.15) is 12.8 Å². The Morgan fingerprint density at radius 3 is 2.79 bits per heavy atom. The van der Waals surface area contributed by atoms with Crippen molar-refractivity contribution < 1.29 is 19.5 Å². The maximum Gasteiger partial charge on any atom is 0.362 e. The standard InChI is InChI=1S/C15H17N5O4/c21-9-13-14(17-18-15(22)10-5-7-16-8-6-10)20(24)12-4-2-1-3-11(12)19(13)23/h1-4,9-10,13,16,23H,5-8H2. The van der Waals surface area contributed by atoms with Gasteiger partial charge in [0.25, 0.3) is 5.91 Å². The van der Waals surface area contributed by atoms with Crippen LogP contribution in [-0.2, 0) is 9.59 Å². The number of amides is 1. The van der Waals surface area contributed by atoms with E-state index in [4.69, 9.17) is 0 Å². The van der Waals surface area contributed by atoms with E-state index in [1.165, 1.54) is 12.1 Å². The van der Waals surface area contributed by atoms with Crippen molar-refractivity contribution >= 4 is 29.4 Å². The number of azo groups is 1. The summed E-state index contributed by atoms with van der Waals surface area (Å²) >= 11 is 0. The first-order chi connectivity index (χ1) is 11.6. The zero-order valence-electron chi connectivity index (χ0n) is 12.8. The number of para-hydroxylation sites is 2. The Kier molecular flexibility index (Phi) is 4.63. The smallest absolute Gasteiger partial charge is 0.362 e. The summed E-state index contributed by atoms with van der Waals surface area (Å²) in [7, 11) is 0. The van der Waals surface area contributed by atoms with Crippen molar-refractivity contribution in [3.63, 3.8) is 0 Å². The number of rotatable bonds is 2. The number of piperidine rings is 1. The SMILES string of the molecule is O=CC1C(N=NC(=O)C2CCNCC2)=[N+]([O-])c2ccccc2N1O. The molecule has 1 atom stereocenters. The Bertz CT molecular complexity index is 712. The summed E-state index contributed by atoms with van der Waals surface area (Å²) in [5, 5.41) is 33.7. The number of hydroxylamine groups is 1. The molecule has 2 aliphatic heterocycles. The Hall–Kier alpha value is -2.65. The Morgan fingerprint density at radius 2 is 2.08 bits per heavy atom. The van der Waals surface area contributed by atoms with Crippen molar-refractivity contribution in [1.82, 2.24) is 5.32 Å². The number of fused-ring (bicyclic) bond motifs is 1. The first-order valence-electron chi connectivity index (χ1n) is 7.66. The molecule has 9 nitrogen and oxygen atoms in total. The highest BCUT2D eigenvalue weighted by Crippen LogP contribution is 2.32.